The Bertz CT molecular complexity index is 1440. The zero-order valence-corrected chi connectivity index (χ0v) is 20.8. The van der Waals surface area contributed by atoms with Gasteiger partial charge in [-0.3, -0.25) is 9.69 Å². The maximum atomic E-state index is 13.3. The number of nitrogens with zero attached hydrogens (tertiary/aromatic N) is 3. The fourth-order valence-electron chi connectivity index (χ4n) is 4.74. The summed E-state index contributed by atoms with van der Waals surface area (Å²) >= 11 is 12.7. The molecule has 34 heavy (non-hydrogen) atoms. The van der Waals surface area contributed by atoms with E-state index in [1.807, 2.05) is 36.7 Å². The molecule has 3 heterocycles. The van der Waals surface area contributed by atoms with E-state index in [9.17, 15) is 4.79 Å². The average molecular weight is 496 g/mol. The number of nitrogens with one attached hydrogen (secondary N) is 2. The predicted octanol–water partition coefficient (Wildman–Crippen LogP) is 6.27. The Kier molecular flexibility index (Phi) is 6.38. The monoisotopic (exact) mass is 495 g/mol. The number of aromatic amines is 1. The Morgan fingerprint density at radius 1 is 1.12 bits per heavy atom. The van der Waals surface area contributed by atoms with Gasteiger partial charge in [0.25, 0.3) is 5.56 Å². The summed E-state index contributed by atoms with van der Waals surface area (Å²) in [6.07, 6.45) is 8.03. The molecule has 1 saturated heterocycles. The zero-order valence-electron chi connectivity index (χ0n) is 19.3. The number of aromatic nitrogens is 3. The molecule has 5 rings (SSSR count). The number of pyridine rings is 1. The van der Waals surface area contributed by atoms with Crippen molar-refractivity contribution in [2.45, 2.75) is 26.2 Å². The van der Waals surface area contributed by atoms with Crippen molar-refractivity contribution in [3.8, 4) is 0 Å². The number of likely N-dealkylation sites (tertiary alicyclic amines) is 1. The van der Waals surface area contributed by atoms with Gasteiger partial charge in [0.15, 0.2) is 0 Å². The van der Waals surface area contributed by atoms with Crippen LogP contribution in [0.4, 0.5) is 11.6 Å². The molecule has 4 aromatic rings. The molecule has 6 nitrogen and oxygen atoms in total. The number of hydrogen-bond donors (Lipinski definition) is 2. The quantitative estimate of drug-likeness (QED) is 0.342. The van der Waals surface area contributed by atoms with Crippen molar-refractivity contribution in [3.05, 3.63) is 68.1 Å². The van der Waals surface area contributed by atoms with Gasteiger partial charge in [0.1, 0.15) is 0 Å². The summed E-state index contributed by atoms with van der Waals surface area (Å²) in [7, 11) is 1.88. The molecule has 0 radical (unpaired) electrons. The lowest BCUT2D eigenvalue weighted by molar-refractivity contribution is 0.252. The number of benzene rings is 2. The minimum Gasteiger partial charge on any atom is -0.323 e. The van der Waals surface area contributed by atoms with Gasteiger partial charge in [-0.15, -0.1) is 0 Å². The van der Waals surface area contributed by atoms with Crippen LogP contribution in [0.25, 0.3) is 27.9 Å². The van der Waals surface area contributed by atoms with Crippen molar-refractivity contribution in [2.24, 2.45) is 7.05 Å². The molecule has 0 spiro atoms. The molecule has 2 aromatic heterocycles. The summed E-state index contributed by atoms with van der Waals surface area (Å²) in [5.74, 6) is 0.556. The summed E-state index contributed by atoms with van der Waals surface area (Å²) in [5, 5.41) is 5.76. The maximum absolute atomic E-state index is 13.3. The van der Waals surface area contributed by atoms with Gasteiger partial charge in [-0.1, -0.05) is 47.8 Å². The topological polar surface area (TPSA) is 66.0 Å². The second-order valence-corrected chi connectivity index (χ2v) is 9.64. The van der Waals surface area contributed by atoms with Crippen LogP contribution in [-0.2, 0) is 7.05 Å². The van der Waals surface area contributed by atoms with E-state index in [4.69, 9.17) is 28.2 Å². The molecule has 2 aromatic carbocycles. The molecule has 0 saturated carbocycles. The number of anilines is 2. The van der Waals surface area contributed by atoms with Gasteiger partial charge in [-0.2, -0.15) is 0 Å². The third-order valence-electron chi connectivity index (χ3n) is 6.62. The highest BCUT2D eigenvalue weighted by molar-refractivity contribution is 6.39. The number of halogens is 2. The Hall–Kier alpha value is -2.80. The van der Waals surface area contributed by atoms with Crippen molar-refractivity contribution >= 4 is 62.7 Å². The van der Waals surface area contributed by atoms with Gasteiger partial charge < -0.3 is 14.9 Å². The summed E-state index contributed by atoms with van der Waals surface area (Å²) in [6, 6.07) is 9.25. The van der Waals surface area contributed by atoms with Crippen molar-refractivity contribution < 1.29 is 0 Å². The molecule has 0 bridgehead atoms. The highest BCUT2D eigenvalue weighted by Crippen LogP contribution is 2.34. The largest absolute Gasteiger partial charge is 0.323 e. The van der Waals surface area contributed by atoms with E-state index in [1.54, 1.807) is 18.2 Å². The number of aryl methyl sites for hydroxylation is 2. The molecule has 0 amide bonds. The van der Waals surface area contributed by atoms with E-state index >= 15 is 0 Å². The van der Waals surface area contributed by atoms with Crippen LogP contribution in [0.5, 0.6) is 0 Å². The van der Waals surface area contributed by atoms with Crippen molar-refractivity contribution in [3.63, 3.8) is 0 Å². The first-order valence-corrected chi connectivity index (χ1v) is 12.3. The molecular formula is C26H27Cl2N5O. The van der Waals surface area contributed by atoms with Gasteiger partial charge in [0.2, 0.25) is 5.95 Å². The zero-order chi connectivity index (χ0) is 23.8. The highest BCUT2D eigenvalue weighted by atomic mass is 35.5. The molecule has 1 aliphatic heterocycles. The first kappa shape index (κ1) is 23.0. The van der Waals surface area contributed by atoms with Crippen LogP contribution in [-0.4, -0.2) is 39.1 Å². The predicted molar refractivity (Wildman–Crippen MR) is 143 cm³/mol. The second-order valence-electron chi connectivity index (χ2n) is 8.83. The second kappa shape index (κ2) is 9.45. The van der Waals surface area contributed by atoms with Crippen LogP contribution in [0.1, 0.15) is 30.5 Å². The Morgan fingerprint density at radius 2 is 1.85 bits per heavy atom. The number of hydrogen-bond acceptors (Lipinski definition) is 4. The van der Waals surface area contributed by atoms with Crippen LogP contribution < -0.4 is 10.9 Å². The van der Waals surface area contributed by atoms with E-state index in [1.165, 1.54) is 19.3 Å². The molecule has 2 N–H and O–H groups in total. The summed E-state index contributed by atoms with van der Waals surface area (Å²) in [5.41, 5.74) is 3.82. The lowest BCUT2D eigenvalue weighted by Crippen LogP contribution is -2.29. The van der Waals surface area contributed by atoms with Gasteiger partial charge in [-0.05, 0) is 68.1 Å². The maximum Gasteiger partial charge on any atom is 0.258 e. The lowest BCUT2D eigenvalue weighted by atomic mass is 10.0. The molecule has 176 valence electrons. The van der Waals surface area contributed by atoms with E-state index in [-0.39, 0.29) is 5.56 Å². The first-order chi connectivity index (χ1) is 16.4. The van der Waals surface area contributed by atoms with Crippen molar-refractivity contribution in [1.82, 2.24) is 19.4 Å². The lowest BCUT2D eigenvalue weighted by Gasteiger charge is -2.24. The first-order valence-electron chi connectivity index (χ1n) is 11.6. The highest BCUT2D eigenvalue weighted by Gasteiger charge is 2.17. The normalized spacial score (nSPS) is 15.1. The number of fused-ring (bicyclic) bond motifs is 3. The summed E-state index contributed by atoms with van der Waals surface area (Å²) in [4.78, 5) is 23.5. The smallest absolute Gasteiger partial charge is 0.258 e. The molecule has 0 aliphatic carbocycles. The van der Waals surface area contributed by atoms with Gasteiger partial charge in [0.05, 0.1) is 32.2 Å². The molecule has 0 unspecified atom stereocenters. The number of imidazole rings is 1. The molecule has 0 atom stereocenters. The average Bonchev–Trinajstić information content (AvgIpc) is 3.15. The Balaban J connectivity index is 1.54. The number of H-pyrrole nitrogens is 1. The van der Waals surface area contributed by atoms with Gasteiger partial charge in [0, 0.05) is 19.3 Å². The van der Waals surface area contributed by atoms with Crippen LogP contribution >= 0.6 is 23.2 Å². The Labute approximate surface area is 208 Å². The third kappa shape index (κ3) is 4.22. The summed E-state index contributed by atoms with van der Waals surface area (Å²) < 4.78 is 1.87. The van der Waals surface area contributed by atoms with E-state index < -0.39 is 0 Å². The Morgan fingerprint density at radius 3 is 2.59 bits per heavy atom. The van der Waals surface area contributed by atoms with E-state index in [0.717, 1.165) is 47.3 Å². The fourth-order valence-corrected chi connectivity index (χ4v) is 5.23. The van der Waals surface area contributed by atoms with E-state index in [0.29, 0.717) is 27.1 Å². The number of piperidine rings is 1. The van der Waals surface area contributed by atoms with Crippen molar-refractivity contribution in [1.29, 1.82) is 0 Å². The van der Waals surface area contributed by atoms with Crippen LogP contribution in [0, 0.1) is 6.92 Å². The standard InChI is InChI=1S/C26H27Cl2N5O/c1-16-17-11-12-21-24(32(2)26(30-21)31-23-18(27)8-6-9-19(23)28)22(17)25(34)29-20(16)10-7-15-33-13-4-3-5-14-33/h6-12H,3-5,13-15H2,1-2H3,(H,29,34)(H,30,31). The van der Waals surface area contributed by atoms with Crippen molar-refractivity contribution in [2.75, 3.05) is 25.0 Å². The molecule has 1 aliphatic rings. The SMILES string of the molecule is Cc1c(C=CCN2CCCCC2)[nH]c(=O)c2c1ccc1nc(Nc3c(Cl)cccc3Cl)n(C)c12. The minimum absolute atomic E-state index is 0.130. The molecule has 8 heteroatoms. The third-order valence-corrected chi connectivity index (χ3v) is 7.25. The van der Waals surface area contributed by atoms with E-state index in [2.05, 4.69) is 21.3 Å². The van der Waals surface area contributed by atoms with Gasteiger partial charge >= 0.3 is 0 Å². The van der Waals surface area contributed by atoms with Crippen LogP contribution in [0.15, 0.2) is 41.2 Å². The number of para-hydroxylation sites is 1. The summed E-state index contributed by atoms with van der Waals surface area (Å²) in [6.45, 7) is 5.24. The number of rotatable bonds is 5. The van der Waals surface area contributed by atoms with Crippen LogP contribution in [0.2, 0.25) is 10.0 Å². The molecule has 1 fully saturated rings. The minimum atomic E-state index is -0.130. The van der Waals surface area contributed by atoms with Gasteiger partial charge in [-0.25, -0.2) is 4.98 Å². The van der Waals surface area contributed by atoms with Crippen LogP contribution in [0.3, 0.4) is 0 Å². The molecular weight excluding hydrogens is 469 g/mol. The fraction of sp³-hybridized carbons (Fsp3) is 0.308.